The molecule has 2 amide bonds. The van der Waals surface area contributed by atoms with Gasteiger partial charge in [0.2, 0.25) is 5.91 Å². The van der Waals surface area contributed by atoms with E-state index in [1.165, 1.54) is 17.9 Å². The molecule has 1 aliphatic heterocycles. The molecule has 120 valence electrons. The maximum atomic E-state index is 12.7. The molecule has 3 rings (SSSR count). The molecule has 0 radical (unpaired) electrons. The molecule has 1 fully saturated rings. The highest BCUT2D eigenvalue weighted by atomic mass is 16.5. The number of benzene rings is 1. The molecule has 2 aromatic rings. The summed E-state index contributed by atoms with van der Waals surface area (Å²) in [5, 5.41) is 6.31. The van der Waals surface area contributed by atoms with E-state index in [2.05, 4.69) is 27.1 Å². The smallest absolute Gasteiger partial charge is 0.274 e. The van der Waals surface area contributed by atoms with Crippen LogP contribution in [0.25, 0.3) is 0 Å². The standard InChI is InChI=1S/C17H19N3O3/c1-10-8-11(2)15(12(3)9-10)20-6-4-14(17(20)22)18-16(21)13-5-7-23-19-13/h5,7-9,14H,4,6H2,1-3H3,(H,18,21)/t14-/m0/s1. The average molecular weight is 313 g/mol. The van der Waals surface area contributed by atoms with E-state index in [0.717, 1.165) is 16.8 Å². The van der Waals surface area contributed by atoms with E-state index in [0.29, 0.717) is 13.0 Å². The average Bonchev–Trinajstić information content (AvgIpc) is 3.11. The van der Waals surface area contributed by atoms with Crippen LogP contribution in [0.3, 0.4) is 0 Å². The van der Waals surface area contributed by atoms with Crippen molar-refractivity contribution in [3.8, 4) is 0 Å². The third-order valence-electron chi connectivity index (χ3n) is 4.09. The van der Waals surface area contributed by atoms with Gasteiger partial charge in [0.25, 0.3) is 5.91 Å². The Kier molecular flexibility index (Phi) is 3.90. The van der Waals surface area contributed by atoms with Crippen molar-refractivity contribution >= 4 is 17.5 Å². The van der Waals surface area contributed by atoms with Gasteiger partial charge in [-0.15, -0.1) is 0 Å². The highest BCUT2D eigenvalue weighted by molar-refractivity contribution is 6.04. The van der Waals surface area contributed by atoms with E-state index in [-0.39, 0.29) is 11.6 Å². The van der Waals surface area contributed by atoms with Gasteiger partial charge in [-0.05, 0) is 38.3 Å². The van der Waals surface area contributed by atoms with Crippen LogP contribution in [0.2, 0.25) is 0 Å². The first-order valence-corrected chi connectivity index (χ1v) is 7.58. The van der Waals surface area contributed by atoms with Crippen LogP contribution < -0.4 is 10.2 Å². The lowest BCUT2D eigenvalue weighted by Crippen LogP contribution is -2.42. The second-order valence-corrected chi connectivity index (χ2v) is 5.94. The highest BCUT2D eigenvalue weighted by Crippen LogP contribution is 2.30. The second kappa shape index (κ2) is 5.87. The number of nitrogens with one attached hydrogen (secondary N) is 1. The summed E-state index contributed by atoms with van der Waals surface area (Å²) in [7, 11) is 0. The number of nitrogens with zero attached hydrogens (tertiary/aromatic N) is 2. The Balaban J connectivity index is 1.78. The van der Waals surface area contributed by atoms with Gasteiger partial charge in [0.1, 0.15) is 12.3 Å². The van der Waals surface area contributed by atoms with Crippen LogP contribution in [0.1, 0.15) is 33.6 Å². The van der Waals surface area contributed by atoms with Gasteiger partial charge in [-0.25, -0.2) is 0 Å². The largest absolute Gasteiger partial charge is 0.364 e. The Bertz CT molecular complexity index is 729. The van der Waals surface area contributed by atoms with Crippen molar-refractivity contribution in [1.29, 1.82) is 0 Å². The Morgan fingerprint density at radius 2 is 2.00 bits per heavy atom. The second-order valence-electron chi connectivity index (χ2n) is 5.94. The van der Waals surface area contributed by atoms with E-state index >= 15 is 0 Å². The third-order valence-corrected chi connectivity index (χ3v) is 4.09. The van der Waals surface area contributed by atoms with E-state index in [1.54, 1.807) is 4.90 Å². The lowest BCUT2D eigenvalue weighted by Gasteiger charge is -2.22. The van der Waals surface area contributed by atoms with Crippen molar-refractivity contribution in [3.63, 3.8) is 0 Å². The van der Waals surface area contributed by atoms with Crippen molar-refractivity contribution in [1.82, 2.24) is 10.5 Å². The Hall–Kier alpha value is -2.63. The number of aryl methyl sites for hydroxylation is 3. The van der Waals surface area contributed by atoms with Crippen LogP contribution in [-0.4, -0.2) is 29.6 Å². The van der Waals surface area contributed by atoms with Gasteiger partial charge in [-0.1, -0.05) is 22.9 Å². The summed E-state index contributed by atoms with van der Waals surface area (Å²) in [4.78, 5) is 26.5. The van der Waals surface area contributed by atoms with Gasteiger partial charge in [-0.3, -0.25) is 9.59 Å². The molecule has 1 aliphatic rings. The molecular formula is C17H19N3O3. The van der Waals surface area contributed by atoms with Crippen LogP contribution in [0.15, 0.2) is 29.0 Å². The Morgan fingerprint density at radius 1 is 1.30 bits per heavy atom. The Morgan fingerprint density at radius 3 is 2.61 bits per heavy atom. The SMILES string of the molecule is Cc1cc(C)c(N2CC[C@H](NC(=O)c3ccon3)C2=O)c(C)c1. The summed E-state index contributed by atoms with van der Waals surface area (Å²) < 4.78 is 4.65. The summed E-state index contributed by atoms with van der Waals surface area (Å²) in [6, 6.07) is 5.08. The molecule has 0 aliphatic carbocycles. The zero-order chi connectivity index (χ0) is 16.6. The molecule has 6 nitrogen and oxygen atoms in total. The van der Waals surface area contributed by atoms with Gasteiger partial charge in [0.05, 0.1) is 0 Å². The van der Waals surface area contributed by atoms with Crippen molar-refractivity contribution in [2.24, 2.45) is 0 Å². The first-order chi connectivity index (χ1) is 11.0. The van der Waals surface area contributed by atoms with E-state index in [9.17, 15) is 9.59 Å². The summed E-state index contributed by atoms with van der Waals surface area (Å²) in [5.41, 5.74) is 4.43. The minimum atomic E-state index is -0.528. The number of anilines is 1. The quantitative estimate of drug-likeness (QED) is 0.942. The molecule has 0 saturated carbocycles. The van der Waals surface area contributed by atoms with Crippen LogP contribution in [0, 0.1) is 20.8 Å². The molecule has 1 aromatic carbocycles. The summed E-state index contributed by atoms with van der Waals surface area (Å²) in [6.45, 7) is 6.64. The molecule has 2 heterocycles. The third kappa shape index (κ3) is 2.84. The topological polar surface area (TPSA) is 75.4 Å². The van der Waals surface area contributed by atoms with Crippen LogP contribution >= 0.6 is 0 Å². The molecule has 1 atom stereocenters. The van der Waals surface area contributed by atoms with Crippen molar-refractivity contribution in [3.05, 3.63) is 46.8 Å². The van der Waals surface area contributed by atoms with Gasteiger partial charge < -0.3 is 14.7 Å². The number of amides is 2. The first-order valence-electron chi connectivity index (χ1n) is 7.58. The molecule has 1 aromatic heterocycles. The minimum Gasteiger partial charge on any atom is -0.364 e. The summed E-state index contributed by atoms with van der Waals surface area (Å²) in [6.07, 6.45) is 1.91. The molecule has 0 bridgehead atoms. The predicted octanol–water partition coefficient (Wildman–Crippen LogP) is 2.14. The number of carbonyl (C=O) groups excluding carboxylic acids is 2. The van der Waals surface area contributed by atoms with E-state index in [1.807, 2.05) is 20.8 Å². The van der Waals surface area contributed by atoms with Crippen LogP contribution in [0.5, 0.6) is 0 Å². The molecule has 1 saturated heterocycles. The van der Waals surface area contributed by atoms with Gasteiger partial charge in [-0.2, -0.15) is 0 Å². The fourth-order valence-electron chi connectivity index (χ4n) is 3.20. The lowest BCUT2D eigenvalue weighted by atomic mass is 10.0. The molecular weight excluding hydrogens is 294 g/mol. The van der Waals surface area contributed by atoms with E-state index < -0.39 is 11.9 Å². The molecule has 0 spiro atoms. The zero-order valence-electron chi connectivity index (χ0n) is 13.4. The predicted molar refractivity (Wildman–Crippen MR) is 85.4 cm³/mol. The van der Waals surface area contributed by atoms with Crippen LogP contribution in [0.4, 0.5) is 5.69 Å². The lowest BCUT2D eigenvalue weighted by molar-refractivity contribution is -0.118. The Labute approximate surface area is 134 Å². The van der Waals surface area contributed by atoms with Crippen LogP contribution in [-0.2, 0) is 4.79 Å². The fraction of sp³-hybridized carbons (Fsp3) is 0.353. The maximum Gasteiger partial charge on any atom is 0.274 e. The normalized spacial score (nSPS) is 17.6. The molecule has 0 unspecified atom stereocenters. The highest BCUT2D eigenvalue weighted by Gasteiger charge is 2.35. The molecule has 1 N–H and O–H groups in total. The number of hydrogen-bond donors (Lipinski definition) is 1. The monoisotopic (exact) mass is 313 g/mol. The van der Waals surface area contributed by atoms with Gasteiger partial charge in [0, 0.05) is 18.3 Å². The molecule has 6 heteroatoms. The molecule has 23 heavy (non-hydrogen) atoms. The fourth-order valence-corrected chi connectivity index (χ4v) is 3.20. The van der Waals surface area contributed by atoms with Crippen molar-refractivity contribution in [2.45, 2.75) is 33.2 Å². The van der Waals surface area contributed by atoms with Gasteiger partial charge >= 0.3 is 0 Å². The van der Waals surface area contributed by atoms with Crippen molar-refractivity contribution < 1.29 is 14.1 Å². The maximum absolute atomic E-state index is 12.7. The summed E-state index contributed by atoms with van der Waals surface area (Å²) >= 11 is 0. The zero-order valence-corrected chi connectivity index (χ0v) is 13.4. The number of carbonyl (C=O) groups is 2. The number of rotatable bonds is 3. The van der Waals surface area contributed by atoms with E-state index in [4.69, 9.17) is 0 Å². The van der Waals surface area contributed by atoms with Crippen molar-refractivity contribution in [2.75, 3.05) is 11.4 Å². The first kappa shape index (κ1) is 15.3. The number of aromatic nitrogens is 1. The number of hydrogen-bond acceptors (Lipinski definition) is 4. The van der Waals surface area contributed by atoms with Gasteiger partial charge in [0.15, 0.2) is 5.69 Å². The summed E-state index contributed by atoms with van der Waals surface area (Å²) in [5.74, 6) is -0.479. The minimum absolute atomic E-state index is 0.0862.